The first-order chi connectivity index (χ1) is 2.91. The van der Waals surface area contributed by atoms with E-state index in [1.54, 1.807) is 0 Å². The largest absolute Gasteiger partial charge is 0.422 e. The van der Waals surface area contributed by atoms with E-state index in [2.05, 4.69) is 14.5 Å². The van der Waals surface area contributed by atoms with Crippen LogP contribution in [0.15, 0.2) is 5.11 Å². The standard InChI is InChI=1S/CH5N3OSi/c2-4-3-1-5-6/h1H2,6H3. The third-order valence-electron chi connectivity index (χ3n) is 0.250. The molecule has 0 saturated heterocycles. The van der Waals surface area contributed by atoms with E-state index >= 15 is 0 Å². The quantitative estimate of drug-likeness (QED) is 0.202. The van der Waals surface area contributed by atoms with Crippen molar-refractivity contribution in [3.8, 4) is 0 Å². The summed E-state index contributed by atoms with van der Waals surface area (Å²) in [6, 6.07) is 0. The fraction of sp³-hybridized carbons (Fsp3) is 1.00. The predicted octanol–water partition coefficient (Wildman–Crippen LogP) is -0.449. The van der Waals surface area contributed by atoms with Crippen LogP contribution in [-0.2, 0) is 4.43 Å². The molecule has 34 valence electrons. The smallest absolute Gasteiger partial charge is 0.146 e. The van der Waals surface area contributed by atoms with Crippen molar-refractivity contribution in [1.29, 1.82) is 0 Å². The number of azide groups is 1. The Balaban J connectivity index is 2.86. The van der Waals surface area contributed by atoms with Gasteiger partial charge in [-0.05, 0) is 5.53 Å². The normalized spacial score (nSPS) is 7.33. The summed E-state index contributed by atoms with van der Waals surface area (Å²) in [6.07, 6.45) is 0. The minimum absolute atomic E-state index is 0.183. The van der Waals surface area contributed by atoms with E-state index in [1.807, 2.05) is 0 Å². The average molecular weight is 103 g/mol. The molecule has 0 aliphatic heterocycles. The monoisotopic (exact) mass is 103 g/mol. The van der Waals surface area contributed by atoms with Crippen molar-refractivity contribution >= 4 is 10.5 Å². The van der Waals surface area contributed by atoms with Crippen molar-refractivity contribution in [3.05, 3.63) is 10.4 Å². The molecule has 0 atom stereocenters. The van der Waals surface area contributed by atoms with E-state index in [-0.39, 0.29) is 6.73 Å². The molecule has 0 saturated carbocycles. The first-order valence-electron chi connectivity index (χ1n) is 1.41. The van der Waals surface area contributed by atoms with Crippen molar-refractivity contribution in [2.75, 3.05) is 6.73 Å². The Morgan fingerprint density at radius 2 is 2.67 bits per heavy atom. The van der Waals surface area contributed by atoms with Crippen LogP contribution in [0.3, 0.4) is 0 Å². The Labute approximate surface area is 38.3 Å². The molecule has 0 unspecified atom stereocenters. The maximum atomic E-state index is 7.59. The molecule has 0 aromatic rings. The van der Waals surface area contributed by atoms with Crippen LogP contribution in [0.1, 0.15) is 0 Å². The van der Waals surface area contributed by atoms with Gasteiger partial charge in [-0.2, -0.15) is 0 Å². The summed E-state index contributed by atoms with van der Waals surface area (Å²) < 4.78 is 4.50. The molecule has 0 fully saturated rings. The van der Waals surface area contributed by atoms with Gasteiger partial charge < -0.3 is 4.43 Å². The third kappa shape index (κ3) is 3.49. The molecule has 0 amide bonds. The van der Waals surface area contributed by atoms with Gasteiger partial charge in [0.15, 0.2) is 0 Å². The van der Waals surface area contributed by atoms with E-state index in [9.17, 15) is 0 Å². The van der Waals surface area contributed by atoms with Gasteiger partial charge in [0.05, 0.1) is 0 Å². The zero-order chi connectivity index (χ0) is 4.83. The van der Waals surface area contributed by atoms with Gasteiger partial charge in [-0.3, -0.25) is 0 Å². The fourth-order valence-electron chi connectivity index (χ4n) is 0.0836. The van der Waals surface area contributed by atoms with E-state index in [0.717, 1.165) is 0 Å². The van der Waals surface area contributed by atoms with Crippen molar-refractivity contribution in [2.45, 2.75) is 0 Å². The van der Waals surface area contributed by atoms with E-state index in [4.69, 9.17) is 5.53 Å². The third-order valence-corrected chi connectivity index (χ3v) is 0.508. The van der Waals surface area contributed by atoms with Gasteiger partial charge >= 0.3 is 0 Å². The summed E-state index contributed by atoms with van der Waals surface area (Å²) in [7, 11) is 0.638. The SMILES string of the molecule is [N-]=[N+]=NCO[SiH3]. The van der Waals surface area contributed by atoms with Crippen molar-refractivity contribution in [2.24, 2.45) is 5.11 Å². The predicted molar refractivity (Wildman–Crippen MR) is 25.0 cm³/mol. The lowest BCUT2D eigenvalue weighted by Gasteiger charge is -1.79. The van der Waals surface area contributed by atoms with Crippen molar-refractivity contribution in [1.82, 2.24) is 0 Å². The molecular formula is CH5N3OSi. The van der Waals surface area contributed by atoms with E-state index in [1.165, 1.54) is 0 Å². The summed E-state index contributed by atoms with van der Waals surface area (Å²) in [4.78, 5) is 2.45. The van der Waals surface area contributed by atoms with E-state index < -0.39 is 0 Å². The van der Waals surface area contributed by atoms with Crippen LogP contribution in [0.4, 0.5) is 0 Å². The minimum atomic E-state index is 0.183. The zero-order valence-electron chi connectivity index (χ0n) is 3.46. The van der Waals surface area contributed by atoms with Crippen molar-refractivity contribution < 1.29 is 4.43 Å². The molecule has 0 heterocycles. The molecular weight excluding hydrogens is 98.1 g/mol. The van der Waals surface area contributed by atoms with Crippen LogP contribution in [0.2, 0.25) is 0 Å². The van der Waals surface area contributed by atoms with Gasteiger partial charge in [-0.1, -0.05) is 5.11 Å². The molecule has 0 aromatic carbocycles. The van der Waals surface area contributed by atoms with Gasteiger partial charge in [-0.15, -0.1) is 0 Å². The lowest BCUT2D eigenvalue weighted by Crippen LogP contribution is -1.79. The summed E-state index contributed by atoms with van der Waals surface area (Å²) >= 11 is 0. The maximum absolute atomic E-state index is 7.59. The Kier molecular flexibility index (Phi) is 4.10. The number of rotatable bonds is 2. The number of nitrogens with zero attached hydrogens (tertiary/aromatic N) is 3. The molecule has 4 nitrogen and oxygen atoms in total. The second-order valence-corrected chi connectivity index (χ2v) is 1.23. The molecule has 0 N–H and O–H groups in total. The molecule has 0 rings (SSSR count). The summed E-state index contributed by atoms with van der Waals surface area (Å²) in [5, 5.41) is 3.08. The highest BCUT2D eigenvalue weighted by atomic mass is 28.2. The first-order valence-corrected chi connectivity index (χ1v) is 2.23. The topological polar surface area (TPSA) is 58.0 Å². The fourth-order valence-corrected chi connectivity index (χ4v) is 0.199. The Bertz CT molecular complexity index is 67.2. The Morgan fingerprint density at radius 3 is 2.83 bits per heavy atom. The molecule has 0 aliphatic rings. The van der Waals surface area contributed by atoms with Crippen LogP contribution >= 0.6 is 0 Å². The second kappa shape index (κ2) is 4.49. The molecule has 0 bridgehead atoms. The van der Waals surface area contributed by atoms with E-state index in [0.29, 0.717) is 10.5 Å². The highest BCUT2D eigenvalue weighted by Gasteiger charge is 1.62. The summed E-state index contributed by atoms with van der Waals surface area (Å²) in [6.45, 7) is 0.183. The Morgan fingerprint density at radius 1 is 2.00 bits per heavy atom. The molecule has 0 aliphatic carbocycles. The van der Waals surface area contributed by atoms with Crippen LogP contribution in [0.25, 0.3) is 10.4 Å². The number of hydrogen-bond acceptors (Lipinski definition) is 2. The van der Waals surface area contributed by atoms with Gasteiger partial charge in [0, 0.05) is 4.91 Å². The molecule has 5 heteroatoms. The van der Waals surface area contributed by atoms with Crippen LogP contribution in [0, 0.1) is 0 Å². The van der Waals surface area contributed by atoms with Crippen molar-refractivity contribution in [3.63, 3.8) is 0 Å². The van der Waals surface area contributed by atoms with Gasteiger partial charge in [0.2, 0.25) is 0 Å². The first kappa shape index (κ1) is 5.49. The van der Waals surface area contributed by atoms with Crippen LogP contribution in [0.5, 0.6) is 0 Å². The molecule has 0 radical (unpaired) electrons. The minimum Gasteiger partial charge on any atom is -0.422 e. The summed E-state index contributed by atoms with van der Waals surface area (Å²) in [5.41, 5.74) is 7.59. The molecule has 0 spiro atoms. The average Bonchev–Trinajstić information content (AvgIpc) is 1.61. The van der Waals surface area contributed by atoms with Crippen LogP contribution in [-0.4, -0.2) is 17.2 Å². The lowest BCUT2D eigenvalue weighted by atomic mass is 11.4. The van der Waals surface area contributed by atoms with Gasteiger partial charge in [0.1, 0.15) is 17.2 Å². The number of hydrogen-bond donors (Lipinski definition) is 0. The lowest BCUT2D eigenvalue weighted by molar-refractivity contribution is 0.363. The molecule has 6 heavy (non-hydrogen) atoms. The van der Waals surface area contributed by atoms with Gasteiger partial charge in [0.25, 0.3) is 0 Å². The molecule has 0 aromatic heterocycles. The summed E-state index contributed by atoms with van der Waals surface area (Å²) in [5.74, 6) is 0. The van der Waals surface area contributed by atoms with Crippen LogP contribution < -0.4 is 0 Å². The second-order valence-electron chi connectivity index (χ2n) is 0.649. The maximum Gasteiger partial charge on any atom is 0.146 e. The zero-order valence-corrected chi connectivity index (χ0v) is 5.46. The highest BCUT2D eigenvalue weighted by Crippen LogP contribution is 1.65. The highest BCUT2D eigenvalue weighted by molar-refractivity contribution is 5.97. The Hall–Kier alpha value is -0.513. The van der Waals surface area contributed by atoms with Gasteiger partial charge in [-0.25, -0.2) is 0 Å².